The predicted octanol–water partition coefficient (Wildman–Crippen LogP) is 26.2. The van der Waals surface area contributed by atoms with Crippen LogP contribution < -0.4 is 29.6 Å². The van der Waals surface area contributed by atoms with Crippen LogP contribution in [0.4, 0.5) is 0 Å². The summed E-state index contributed by atoms with van der Waals surface area (Å²) in [6, 6.07) is 0. The minimum absolute atomic E-state index is 0. The molecule has 0 aliphatic heterocycles. The zero-order valence-corrected chi connectivity index (χ0v) is 91.4. The molecule has 20 aliphatic rings. The molecule has 14 nitrogen and oxygen atoms in total. The van der Waals surface area contributed by atoms with E-state index in [1.54, 1.807) is 6.92 Å². The average molecular weight is 1950 g/mol. The second-order valence-electron chi connectivity index (χ2n) is 54.4. The number of carbonyl (C=O) groups excluding carboxylic acids is 7. The molecule has 139 heavy (non-hydrogen) atoms. The molecule has 45 atom stereocenters. The van der Waals surface area contributed by atoms with Crippen LogP contribution in [0.25, 0.3) is 0 Å². The van der Waals surface area contributed by atoms with Crippen LogP contribution in [0, 0.1) is 245 Å². The number of fused-ring (bicyclic) bond motifs is 25. The molecule has 20 aliphatic carbocycles. The second-order valence-corrected chi connectivity index (χ2v) is 54.4. The van der Waals surface area contributed by atoms with E-state index >= 15 is 0 Å². The number of ether oxygens (including phenoxy) is 2. The summed E-state index contributed by atoms with van der Waals surface area (Å²) in [4.78, 5) is 85.8. The first kappa shape index (κ1) is 122. The Morgan fingerprint density at radius 3 is 0.755 bits per heavy atom. The Morgan fingerprint density at radius 1 is 0.266 bits per heavy atom. The van der Waals surface area contributed by atoms with Gasteiger partial charge in [-0.15, -0.1) is 0 Å². The molecule has 0 aromatic carbocycles. The maximum absolute atomic E-state index is 12.7. The first-order chi connectivity index (χ1) is 61.8. The number of aliphatic hydroxyl groups excluding tert-OH is 4. The summed E-state index contributed by atoms with van der Waals surface area (Å²) in [5, 5.41) is 40.0. The number of ketones is 5. The van der Waals surface area contributed by atoms with Crippen molar-refractivity contribution in [1.82, 2.24) is 0 Å². The molecule has 0 unspecified atom stereocenters. The molecule has 0 heterocycles. The van der Waals surface area contributed by atoms with Crippen molar-refractivity contribution in [3.05, 3.63) is 7.43 Å². The molecule has 0 saturated heterocycles. The van der Waals surface area contributed by atoms with Crippen molar-refractivity contribution in [1.29, 1.82) is 0 Å². The van der Waals surface area contributed by atoms with Crippen LogP contribution in [0.3, 0.4) is 0 Å². The molecule has 15 heteroatoms. The predicted molar refractivity (Wildman–Crippen MR) is 563 cm³/mol. The van der Waals surface area contributed by atoms with E-state index in [0.29, 0.717) is 111 Å². The quantitative estimate of drug-likeness (QED) is 0.0806. The summed E-state index contributed by atoms with van der Waals surface area (Å²) in [5.74, 6) is 22.3. The molecule has 20 saturated carbocycles. The number of hydrogen-bond acceptors (Lipinski definition) is 14. The fraction of sp³-hybridized carbons (Fsp3) is 0.935. The zero-order chi connectivity index (χ0) is 94.5. The monoisotopic (exact) mass is 1950 g/mol. The van der Waals surface area contributed by atoms with Crippen molar-refractivity contribution < 1.29 is 98.5 Å². The fourth-order valence-electron chi connectivity index (χ4n) is 42.2. The van der Waals surface area contributed by atoms with Crippen LogP contribution >= 0.6 is 0 Å². The summed E-state index contributed by atoms with van der Waals surface area (Å²) in [6.07, 6.45) is 50.3. The second kappa shape index (κ2) is 46.5. The number of aliphatic hydroxyl groups is 4. The topological polar surface area (TPSA) is 249 Å². The van der Waals surface area contributed by atoms with E-state index in [1.165, 1.54) is 187 Å². The van der Waals surface area contributed by atoms with Gasteiger partial charge in [-0.1, -0.05) is 169 Å². The van der Waals surface area contributed by atoms with Gasteiger partial charge < -0.3 is 42.8 Å². The van der Waals surface area contributed by atoms with Crippen LogP contribution in [0.15, 0.2) is 0 Å². The normalized spacial score (nSPS) is 50.0. The molecule has 0 spiro atoms. The standard InChI is InChI=1S/C25H40O3.C24H40O.C23H36O5.2C23H38O2.5CH4.CH3.Na.H2O/c1-6-22(27)21-10-9-19-18-8-7-17-13-15(2)23(28-16(3)26)14-25(17,5)20(18)11-12-24(19,21)4;1-6-22(25)21-10-9-19-18-8-7-17-13-15(2)16(3)14-24(17,5)20(18)11-12-23(19,21)4;1-13(25)28-21-11-23(3)14(10-19(21)26)4-5-15-16-6-7-18(20(27)12-24)22(16,2)9-8-17(15)23;1-14-11-16-5-6-17-18-7-8-20(21(25)13-24)22(18,3)10-9-19(17)23(16,4)12-15(14)2;1-5-20(24)19-9-8-17-16-7-6-15-12-14(2)21(25)13-23(15,4)18(16)10-11-22(17,19)3;;;;;;;;/h15,17-21,23H,6-14H2,1-5H3;15-21H,6-14H2,1-5H3;14-19,21,24,26H,4-12H2,1-3H3;14-20,24H,5-13H2,1-4H3;14-19,21,25H,5-13H2,1-4H3;5*1H4;1H3;;1H2/q;;;;;;;;;;-1;+1;/p-1/t15-,17-,18-,19-,20-,21+,23-,24-,25-;15-,16-,17-,18-,19-,20-,21+,23-,24-;14-,15-,16-,17-,18+,19-,21-,22-,23-;14-,15-,16-,17-,18-,19-,20+,22-,23-;14-,15-,16-,17-,18-,19+,21-,22-,23-;;;;;;;;/m00000......../s1. The SMILES string of the molecule is C.C.C.C.C.CC(=O)O[C@H]1C[C@@]2(C)[C@@H](CC[C@@H]3[C@@H]2CC[C@]2(C)[C@@H](C(=O)CO)CC[C@@H]32)C[C@@H]1O.CCC(=O)[C@H]1CC[C@H]2[C@@H]3CC[C@H]4C[C@H](C)[C@@H](C)C[C@]4(C)[C@H]3CC[C@]12C.CCC(=O)[C@H]1CC[C@H]2[C@@H]3CC[C@H]4C[C@H](C)[C@@H](O)C[C@]4(C)[C@H]3CC[C@]12C.CCC(=O)[C@H]1CC[C@H]2[C@@H]3CC[C@H]4C[C@H](C)[C@@H](OC(C)=O)C[C@]4(C)[C@H]3CC[C@]12C.C[C@H]1C[C@@H]2CC[C@@H]3[C@H](CC[C@]4(C)[C@@H](C(=O)CO)CC[C@@H]34)[C@@]2(C)C[C@@H]1C.[CH3-].[Na+].[OH-]. The Morgan fingerprint density at radius 2 is 0.489 bits per heavy atom. The molecule has 798 valence electrons. The van der Waals surface area contributed by atoms with Crippen LogP contribution in [-0.2, 0) is 43.0 Å². The average Bonchev–Trinajstić information content (AvgIpc) is 1.64. The summed E-state index contributed by atoms with van der Waals surface area (Å²) in [6.45, 7) is 47.8. The first-order valence-electron chi connectivity index (χ1n) is 56.4. The van der Waals surface area contributed by atoms with Gasteiger partial charge in [0, 0.05) is 62.7 Å². The molecule has 0 radical (unpaired) electrons. The Kier molecular flexibility index (Phi) is 40.9. The Balaban J connectivity index is 0.000000210. The third kappa shape index (κ3) is 21.0. The molecule has 0 bridgehead atoms. The largest absolute Gasteiger partial charge is 1.00 e. The summed E-state index contributed by atoms with van der Waals surface area (Å²) in [5.41, 5.74) is 2.84. The van der Waals surface area contributed by atoms with Crippen molar-refractivity contribution in [3.63, 3.8) is 0 Å². The molecule has 5 N–H and O–H groups in total. The zero-order valence-electron chi connectivity index (χ0n) is 89.4. The Bertz CT molecular complexity index is 3770. The molecule has 0 aromatic rings. The number of esters is 2. The van der Waals surface area contributed by atoms with Gasteiger partial charge in [0.2, 0.25) is 0 Å². The van der Waals surface area contributed by atoms with Crippen molar-refractivity contribution in [2.24, 2.45) is 238 Å². The molecule has 20 rings (SSSR count). The van der Waals surface area contributed by atoms with Crippen molar-refractivity contribution >= 4 is 40.9 Å². The minimum atomic E-state index is -0.551. The van der Waals surface area contributed by atoms with Gasteiger partial charge >= 0.3 is 41.5 Å². The van der Waals surface area contributed by atoms with Gasteiger partial charge in [-0.25, -0.2) is 0 Å². The van der Waals surface area contributed by atoms with Gasteiger partial charge in [0.1, 0.15) is 42.8 Å². The van der Waals surface area contributed by atoms with E-state index in [0.717, 1.165) is 202 Å². The maximum atomic E-state index is 12.7. The Labute approximate surface area is 874 Å². The van der Waals surface area contributed by atoms with Crippen LogP contribution in [0.2, 0.25) is 0 Å². The number of Topliss-reactive ketones (excluding diaryl/α,β-unsaturated/α-hetero) is 5. The first-order valence-corrected chi connectivity index (χ1v) is 56.4. The van der Waals surface area contributed by atoms with Crippen LogP contribution in [0.1, 0.15) is 459 Å². The number of carbonyl (C=O) groups is 7. The fourth-order valence-corrected chi connectivity index (χ4v) is 42.2. The van der Waals surface area contributed by atoms with Gasteiger partial charge in [-0.3, -0.25) is 33.6 Å². The smallest absolute Gasteiger partial charge is 0.870 e. The van der Waals surface area contributed by atoms with Gasteiger partial charge in [-0.2, -0.15) is 0 Å². The summed E-state index contributed by atoms with van der Waals surface area (Å²) < 4.78 is 11.3. The van der Waals surface area contributed by atoms with Crippen molar-refractivity contribution in [3.8, 4) is 0 Å². The van der Waals surface area contributed by atoms with E-state index in [1.807, 2.05) is 13.8 Å². The van der Waals surface area contributed by atoms with Gasteiger partial charge in [0.25, 0.3) is 0 Å². The van der Waals surface area contributed by atoms with Crippen LogP contribution in [-0.4, -0.2) is 104 Å². The third-order valence-corrected chi connectivity index (χ3v) is 49.5. The van der Waals surface area contributed by atoms with E-state index in [2.05, 4.69) is 118 Å². The van der Waals surface area contributed by atoms with Gasteiger partial charge in [-0.05, 0) is 465 Å². The van der Waals surface area contributed by atoms with Gasteiger partial charge in [0.15, 0.2) is 11.6 Å². The van der Waals surface area contributed by atoms with Gasteiger partial charge in [0.05, 0.1) is 12.2 Å². The summed E-state index contributed by atoms with van der Waals surface area (Å²) >= 11 is 0. The van der Waals surface area contributed by atoms with Crippen molar-refractivity contribution in [2.75, 3.05) is 13.2 Å². The molecule has 20 fully saturated rings. The number of hydrogen-bond donors (Lipinski definition) is 4. The maximum Gasteiger partial charge on any atom is 1.00 e. The Hall–Kier alpha value is -1.91. The van der Waals surface area contributed by atoms with E-state index in [-0.39, 0.29) is 167 Å². The third-order valence-electron chi connectivity index (χ3n) is 49.5. The molecular weight excluding hydrogens is 1740 g/mol. The molecular formula is C124H216NaO14-. The van der Waals surface area contributed by atoms with E-state index in [9.17, 15) is 54.0 Å². The molecule has 0 aromatic heterocycles. The van der Waals surface area contributed by atoms with E-state index < -0.39 is 12.2 Å². The summed E-state index contributed by atoms with van der Waals surface area (Å²) in [7, 11) is 0. The molecule has 0 amide bonds. The number of rotatable bonds is 12. The van der Waals surface area contributed by atoms with Crippen LogP contribution in [0.5, 0.6) is 0 Å². The van der Waals surface area contributed by atoms with Crippen molar-refractivity contribution in [2.45, 2.75) is 483 Å². The van der Waals surface area contributed by atoms with E-state index in [4.69, 9.17) is 9.47 Å². The minimum Gasteiger partial charge on any atom is -0.870 e.